The van der Waals surface area contributed by atoms with Crippen LogP contribution in [0.2, 0.25) is 5.02 Å². The molecule has 0 aromatic heterocycles. The lowest BCUT2D eigenvalue weighted by Gasteiger charge is -2.17. The molecule has 3 aromatic carbocycles. The average molecular weight is 686 g/mol. The smallest absolute Gasteiger partial charge is 0.282 e. The van der Waals surface area contributed by atoms with Crippen LogP contribution in [0.1, 0.15) is 18.1 Å². The van der Waals surface area contributed by atoms with Crippen LogP contribution in [0, 0.1) is 0 Å². The highest BCUT2D eigenvalue weighted by Crippen LogP contribution is 2.44. The van der Waals surface area contributed by atoms with Gasteiger partial charge in [0.05, 0.1) is 12.3 Å². The van der Waals surface area contributed by atoms with Gasteiger partial charge in [-0.2, -0.15) is 0 Å². The predicted octanol–water partition coefficient (Wildman–Crippen LogP) is 7.07. The maximum atomic E-state index is 13.0. The molecular formula is C25H18Br3ClN2O4. The number of carbonyl (C=O) groups excluding carboxylic acids is 2. The number of hydrogen-bond acceptors (Lipinski definition) is 4. The van der Waals surface area contributed by atoms with Crippen LogP contribution in [0.4, 0.5) is 5.69 Å². The minimum Gasteiger partial charge on any atom is -0.490 e. The Morgan fingerprint density at radius 1 is 1.03 bits per heavy atom. The first kappa shape index (κ1) is 25.8. The van der Waals surface area contributed by atoms with E-state index in [4.69, 9.17) is 21.1 Å². The van der Waals surface area contributed by atoms with Crippen molar-refractivity contribution in [1.82, 2.24) is 5.43 Å². The van der Waals surface area contributed by atoms with Crippen molar-refractivity contribution >= 4 is 83.0 Å². The van der Waals surface area contributed by atoms with Crippen molar-refractivity contribution in [2.45, 2.75) is 13.5 Å². The monoisotopic (exact) mass is 682 g/mol. The molecular weight excluding hydrogens is 667 g/mol. The number of amides is 2. The maximum absolute atomic E-state index is 13.0. The van der Waals surface area contributed by atoms with Crippen LogP contribution < -0.4 is 19.9 Å². The number of anilines is 1. The average Bonchev–Trinajstić information content (AvgIpc) is 3.12. The highest BCUT2D eigenvalue weighted by molar-refractivity contribution is 9.11. The zero-order chi connectivity index (χ0) is 25.1. The topological polar surface area (TPSA) is 67.9 Å². The number of carbonyl (C=O) groups is 2. The van der Waals surface area contributed by atoms with E-state index < -0.39 is 11.8 Å². The molecule has 1 heterocycles. The molecule has 0 unspecified atom stereocenters. The van der Waals surface area contributed by atoms with E-state index in [1.54, 1.807) is 30.3 Å². The SMILES string of the molecule is CCOc1cc(/C=C2/C(=O)NN(c3ccccc3)C2=O)c(Br)c(Cl)c1OCc1ccc(Br)cc1Br. The van der Waals surface area contributed by atoms with Gasteiger partial charge in [-0.1, -0.05) is 67.7 Å². The molecule has 0 aliphatic carbocycles. The van der Waals surface area contributed by atoms with Gasteiger partial charge < -0.3 is 9.47 Å². The van der Waals surface area contributed by atoms with Gasteiger partial charge in [-0.05, 0) is 64.8 Å². The van der Waals surface area contributed by atoms with Crippen LogP contribution >= 0.6 is 59.4 Å². The van der Waals surface area contributed by atoms with E-state index in [1.165, 1.54) is 11.1 Å². The van der Waals surface area contributed by atoms with Gasteiger partial charge in [-0.3, -0.25) is 15.0 Å². The van der Waals surface area contributed by atoms with Crippen LogP contribution in [0.25, 0.3) is 6.08 Å². The molecule has 1 fully saturated rings. The van der Waals surface area contributed by atoms with Gasteiger partial charge >= 0.3 is 0 Å². The standard InChI is InChI=1S/C25H18Br3ClN2O4/c1-2-34-20-11-15(10-18-24(32)30-31(25(18)33)17-6-4-3-5-7-17)21(28)22(29)23(20)35-13-14-8-9-16(26)12-19(14)27/h3-12H,2,13H2,1H3,(H,30,32)/b18-10-. The van der Waals surface area contributed by atoms with Crippen LogP contribution in [-0.4, -0.2) is 18.4 Å². The molecule has 10 heteroatoms. The summed E-state index contributed by atoms with van der Waals surface area (Å²) in [6.45, 7) is 2.45. The molecule has 0 spiro atoms. The Hall–Kier alpha value is -2.33. The van der Waals surface area contributed by atoms with Crippen molar-refractivity contribution in [1.29, 1.82) is 0 Å². The maximum Gasteiger partial charge on any atom is 0.282 e. The normalized spacial score (nSPS) is 14.4. The molecule has 6 nitrogen and oxygen atoms in total. The zero-order valence-corrected chi connectivity index (χ0v) is 23.8. The quantitative estimate of drug-likeness (QED) is 0.214. The van der Waals surface area contributed by atoms with Gasteiger partial charge in [0.15, 0.2) is 11.5 Å². The van der Waals surface area contributed by atoms with Gasteiger partial charge in [-0.25, -0.2) is 5.01 Å². The molecule has 1 saturated heterocycles. The Morgan fingerprint density at radius 3 is 2.46 bits per heavy atom. The van der Waals surface area contributed by atoms with Gasteiger partial charge in [0.2, 0.25) is 0 Å². The van der Waals surface area contributed by atoms with Crippen LogP contribution in [0.15, 0.2) is 73.6 Å². The molecule has 180 valence electrons. The molecule has 0 atom stereocenters. The fourth-order valence-electron chi connectivity index (χ4n) is 3.37. The van der Waals surface area contributed by atoms with Crippen molar-refractivity contribution in [3.63, 3.8) is 0 Å². The third-order valence-electron chi connectivity index (χ3n) is 5.05. The first-order valence-corrected chi connectivity index (χ1v) is 13.2. The molecule has 0 bridgehead atoms. The van der Waals surface area contributed by atoms with E-state index in [0.717, 1.165) is 14.5 Å². The summed E-state index contributed by atoms with van der Waals surface area (Å²) in [5.74, 6) is -0.236. The van der Waals surface area contributed by atoms with Gasteiger partial charge in [0.1, 0.15) is 17.2 Å². The van der Waals surface area contributed by atoms with Crippen molar-refractivity contribution in [3.05, 3.63) is 89.7 Å². The number of ether oxygens (including phenoxy) is 2. The van der Waals surface area contributed by atoms with Gasteiger partial charge in [-0.15, -0.1) is 0 Å². The van der Waals surface area contributed by atoms with Crippen molar-refractivity contribution in [2.75, 3.05) is 11.6 Å². The lowest BCUT2D eigenvalue weighted by atomic mass is 10.1. The summed E-state index contributed by atoms with van der Waals surface area (Å²) in [5.41, 5.74) is 4.54. The number of nitrogens with zero attached hydrogens (tertiary/aromatic N) is 1. The Balaban J connectivity index is 1.67. The molecule has 1 aliphatic heterocycles. The highest BCUT2D eigenvalue weighted by atomic mass is 79.9. The molecule has 0 radical (unpaired) electrons. The fraction of sp³-hybridized carbons (Fsp3) is 0.120. The lowest BCUT2D eigenvalue weighted by molar-refractivity contribution is -0.117. The highest BCUT2D eigenvalue weighted by Gasteiger charge is 2.34. The molecule has 0 saturated carbocycles. The third-order valence-corrected chi connectivity index (χ3v) is 7.72. The molecule has 1 N–H and O–H groups in total. The summed E-state index contributed by atoms with van der Waals surface area (Å²) in [5, 5.41) is 1.47. The Bertz CT molecular complexity index is 1330. The number of benzene rings is 3. The predicted molar refractivity (Wildman–Crippen MR) is 147 cm³/mol. The van der Waals surface area contributed by atoms with Crippen LogP contribution in [-0.2, 0) is 16.2 Å². The molecule has 35 heavy (non-hydrogen) atoms. The van der Waals surface area contributed by atoms with E-state index >= 15 is 0 Å². The second-order valence-electron chi connectivity index (χ2n) is 7.35. The first-order valence-electron chi connectivity index (χ1n) is 10.4. The van der Waals surface area contributed by atoms with Crippen molar-refractivity contribution < 1.29 is 19.1 Å². The number of rotatable bonds is 7. The minimum absolute atomic E-state index is 0.0273. The van der Waals surface area contributed by atoms with E-state index in [2.05, 4.69) is 53.2 Å². The summed E-state index contributed by atoms with van der Waals surface area (Å²) in [6, 6.07) is 16.3. The Labute approximate surface area is 232 Å². The number of hydrogen-bond donors (Lipinski definition) is 1. The summed E-state index contributed by atoms with van der Waals surface area (Å²) in [4.78, 5) is 25.6. The summed E-state index contributed by atoms with van der Waals surface area (Å²) in [6.07, 6.45) is 1.48. The van der Waals surface area contributed by atoms with Gasteiger partial charge in [0, 0.05) is 19.0 Å². The van der Waals surface area contributed by atoms with E-state index in [0.29, 0.717) is 33.8 Å². The number of para-hydroxylation sites is 1. The van der Waals surface area contributed by atoms with Crippen LogP contribution in [0.5, 0.6) is 11.5 Å². The molecule has 1 aliphatic rings. The summed E-state index contributed by atoms with van der Waals surface area (Å²) < 4.78 is 14.1. The van der Waals surface area contributed by atoms with Gasteiger partial charge in [0.25, 0.3) is 11.8 Å². The minimum atomic E-state index is -0.514. The first-order chi connectivity index (χ1) is 16.8. The molecule has 3 aromatic rings. The Kier molecular flexibility index (Phi) is 8.21. The summed E-state index contributed by atoms with van der Waals surface area (Å²) in [7, 11) is 0. The van der Waals surface area contributed by atoms with Crippen molar-refractivity contribution in [3.8, 4) is 11.5 Å². The molecule has 4 rings (SSSR count). The molecule has 2 amide bonds. The fourth-order valence-corrected chi connectivity index (χ4v) is 5.19. The number of halogens is 4. The largest absolute Gasteiger partial charge is 0.490 e. The second-order valence-corrected chi connectivity index (χ2v) is 10.3. The third kappa shape index (κ3) is 5.58. The van der Waals surface area contributed by atoms with Crippen LogP contribution in [0.3, 0.4) is 0 Å². The zero-order valence-electron chi connectivity index (χ0n) is 18.3. The summed E-state index contributed by atoms with van der Waals surface area (Å²) >= 11 is 17.1. The number of hydrazine groups is 1. The van der Waals surface area contributed by atoms with E-state index in [-0.39, 0.29) is 17.2 Å². The second kappa shape index (κ2) is 11.2. The Morgan fingerprint density at radius 2 is 1.77 bits per heavy atom. The van der Waals surface area contributed by atoms with Crippen molar-refractivity contribution in [2.24, 2.45) is 0 Å². The lowest BCUT2D eigenvalue weighted by Crippen LogP contribution is -2.35. The van der Waals surface area contributed by atoms with E-state index in [9.17, 15) is 9.59 Å². The van der Waals surface area contributed by atoms with E-state index in [1.807, 2.05) is 31.2 Å². The number of nitrogens with one attached hydrogen (secondary N) is 1.